The average Bonchev–Trinajstić information content (AvgIpc) is 2.15. The van der Waals surface area contributed by atoms with Crippen molar-refractivity contribution in [2.45, 2.75) is 71.1 Å². The molecule has 4 heteroatoms. The smallest absolute Gasteiger partial charge is 1.00 e. The van der Waals surface area contributed by atoms with E-state index in [0.717, 1.165) is 12.8 Å². The molecule has 0 radical (unpaired) electrons. The summed E-state index contributed by atoms with van der Waals surface area (Å²) in [4.78, 5) is 10.1. The van der Waals surface area contributed by atoms with E-state index in [1.807, 2.05) is 0 Å². The second kappa shape index (κ2) is 17.8. The molecule has 0 fully saturated rings. The number of carbonyl (C=O) groups excluding carboxylic acids is 1. The number of hydrogen-bond donors (Lipinski definition) is 0. The predicted octanol–water partition coefficient (Wildman–Crippen LogP) is -0.341. The largest absolute Gasteiger partial charge is 2.00 e. The van der Waals surface area contributed by atoms with E-state index in [9.17, 15) is 9.90 Å². The Morgan fingerprint density at radius 2 is 1.25 bits per heavy atom. The predicted molar refractivity (Wildman–Crippen MR) is 56.9 cm³/mol. The van der Waals surface area contributed by atoms with Crippen molar-refractivity contribution >= 4 is 5.97 Å². The number of carboxylic acid groups (broad SMARTS) is 1. The molecule has 0 aromatic carbocycles. The van der Waals surface area contributed by atoms with E-state index in [4.69, 9.17) is 0 Å². The summed E-state index contributed by atoms with van der Waals surface area (Å²) in [5, 5.41) is 10.1. The van der Waals surface area contributed by atoms with Crippen LogP contribution in [0.15, 0.2) is 0 Å². The number of carbonyl (C=O) groups is 1. The normalized spacial score (nSPS) is 9.06. The SMILES string of the molecule is CCCCCCCCCCCC(=O)[O-].[Cl-].[Zn+2]. The van der Waals surface area contributed by atoms with Crippen molar-refractivity contribution < 1.29 is 41.8 Å². The average molecular weight is 300 g/mol. The van der Waals surface area contributed by atoms with Crippen molar-refractivity contribution in [3.8, 4) is 0 Å². The molecule has 0 N–H and O–H groups in total. The molecule has 2 nitrogen and oxygen atoms in total. The Bertz CT molecular complexity index is 143. The van der Waals surface area contributed by atoms with Crippen LogP contribution in [0.5, 0.6) is 0 Å². The summed E-state index contributed by atoms with van der Waals surface area (Å²) in [7, 11) is 0. The minimum Gasteiger partial charge on any atom is -1.00 e. The standard InChI is InChI=1S/C12H24O2.ClH.Zn/c1-2-3-4-5-6-7-8-9-10-11-12(13)14;;/h2-11H2,1H3,(H,13,14);1H;/q;;+2/p-2. The zero-order valence-electron chi connectivity index (χ0n) is 10.5. The summed E-state index contributed by atoms with van der Waals surface area (Å²) in [5.74, 6) is -0.909. The molecule has 0 aliphatic rings. The molecule has 0 atom stereocenters. The fraction of sp³-hybridized carbons (Fsp3) is 0.917. The van der Waals surface area contributed by atoms with Gasteiger partial charge in [-0.3, -0.25) is 0 Å². The van der Waals surface area contributed by atoms with E-state index in [1.54, 1.807) is 0 Å². The molecule has 0 aliphatic heterocycles. The van der Waals surface area contributed by atoms with Gasteiger partial charge in [0.2, 0.25) is 0 Å². The summed E-state index contributed by atoms with van der Waals surface area (Å²) in [6, 6.07) is 0. The van der Waals surface area contributed by atoms with Gasteiger partial charge in [0.05, 0.1) is 0 Å². The first-order chi connectivity index (χ1) is 6.77. The zero-order valence-corrected chi connectivity index (χ0v) is 14.2. The van der Waals surface area contributed by atoms with Gasteiger partial charge in [-0.15, -0.1) is 0 Å². The summed E-state index contributed by atoms with van der Waals surface area (Å²) in [6.45, 7) is 2.22. The van der Waals surface area contributed by atoms with Crippen molar-refractivity contribution in [1.29, 1.82) is 0 Å². The molecule has 0 aromatic heterocycles. The van der Waals surface area contributed by atoms with Gasteiger partial charge in [0.1, 0.15) is 0 Å². The second-order valence-electron chi connectivity index (χ2n) is 3.95. The van der Waals surface area contributed by atoms with Gasteiger partial charge in [-0.05, 0) is 12.8 Å². The van der Waals surface area contributed by atoms with Gasteiger partial charge >= 0.3 is 19.5 Å². The van der Waals surface area contributed by atoms with Crippen LogP contribution in [0.3, 0.4) is 0 Å². The fourth-order valence-electron chi connectivity index (χ4n) is 1.58. The van der Waals surface area contributed by atoms with Crippen LogP contribution in [0.1, 0.15) is 71.1 Å². The van der Waals surface area contributed by atoms with E-state index in [1.165, 1.54) is 44.9 Å². The maximum absolute atomic E-state index is 10.1. The minimum atomic E-state index is -0.909. The summed E-state index contributed by atoms with van der Waals surface area (Å²) in [6.07, 6.45) is 11.2. The van der Waals surface area contributed by atoms with Crippen molar-refractivity contribution in [3.63, 3.8) is 0 Å². The third kappa shape index (κ3) is 19.9. The molecule has 0 unspecified atom stereocenters. The first kappa shape index (κ1) is 21.6. The fourth-order valence-corrected chi connectivity index (χ4v) is 1.58. The molecule has 0 saturated heterocycles. The van der Waals surface area contributed by atoms with E-state index in [0.29, 0.717) is 0 Å². The Balaban J connectivity index is -0.000000845. The molecule has 0 spiro atoms. The first-order valence-corrected chi connectivity index (χ1v) is 5.97. The Morgan fingerprint density at radius 3 is 1.62 bits per heavy atom. The molecule has 0 saturated carbocycles. The molecule has 16 heavy (non-hydrogen) atoms. The number of rotatable bonds is 10. The second-order valence-corrected chi connectivity index (χ2v) is 3.95. The summed E-state index contributed by atoms with van der Waals surface area (Å²) >= 11 is 0. The van der Waals surface area contributed by atoms with E-state index < -0.39 is 5.97 Å². The molecular formula is C12H23ClO2Zn. The minimum absolute atomic E-state index is 0. The molecular weight excluding hydrogens is 277 g/mol. The van der Waals surface area contributed by atoms with Crippen LogP contribution in [0, 0.1) is 0 Å². The molecule has 0 bridgehead atoms. The monoisotopic (exact) mass is 298 g/mol. The van der Waals surface area contributed by atoms with Crippen LogP contribution in [0.4, 0.5) is 0 Å². The summed E-state index contributed by atoms with van der Waals surface area (Å²) < 4.78 is 0. The Morgan fingerprint density at radius 1 is 0.875 bits per heavy atom. The summed E-state index contributed by atoms with van der Waals surface area (Å²) in [5.41, 5.74) is 0. The molecule has 0 aliphatic carbocycles. The van der Waals surface area contributed by atoms with Crippen LogP contribution < -0.4 is 17.5 Å². The van der Waals surface area contributed by atoms with Gasteiger partial charge in [0.25, 0.3) is 0 Å². The van der Waals surface area contributed by atoms with Crippen molar-refractivity contribution in [1.82, 2.24) is 0 Å². The van der Waals surface area contributed by atoms with Gasteiger partial charge in [0, 0.05) is 5.97 Å². The van der Waals surface area contributed by atoms with Crippen molar-refractivity contribution in [3.05, 3.63) is 0 Å². The van der Waals surface area contributed by atoms with E-state index in [-0.39, 0.29) is 38.3 Å². The number of unbranched alkanes of at least 4 members (excludes halogenated alkanes) is 8. The molecule has 0 amide bonds. The Labute approximate surface area is 119 Å². The molecule has 92 valence electrons. The maximum atomic E-state index is 10.1. The first-order valence-electron chi connectivity index (χ1n) is 5.97. The van der Waals surface area contributed by atoms with Crippen LogP contribution in [0.2, 0.25) is 0 Å². The van der Waals surface area contributed by atoms with Crippen LogP contribution in [-0.4, -0.2) is 5.97 Å². The Kier molecular flexibility index (Phi) is 24.0. The topological polar surface area (TPSA) is 40.1 Å². The van der Waals surface area contributed by atoms with Gasteiger partial charge < -0.3 is 22.3 Å². The molecule has 0 rings (SSSR count). The van der Waals surface area contributed by atoms with Gasteiger partial charge in [0.15, 0.2) is 0 Å². The van der Waals surface area contributed by atoms with Gasteiger partial charge in [-0.25, -0.2) is 0 Å². The number of hydrogen-bond acceptors (Lipinski definition) is 2. The van der Waals surface area contributed by atoms with E-state index >= 15 is 0 Å². The van der Waals surface area contributed by atoms with Crippen LogP contribution >= 0.6 is 0 Å². The van der Waals surface area contributed by atoms with Crippen LogP contribution in [-0.2, 0) is 24.3 Å². The Hall–Kier alpha value is 0.383. The number of carboxylic acids is 1. The quantitative estimate of drug-likeness (QED) is 0.409. The molecule has 0 aromatic rings. The van der Waals surface area contributed by atoms with E-state index in [2.05, 4.69) is 6.92 Å². The zero-order chi connectivity index (χ0) is 10.6. The van der Waals surface area contributed by atoms with Crippen LogP contribution in [0.25, 0.3) is 0 Å². The van der Waals surface area contributed by atoms with Gasteiger partial charge in [-0.2, -0.15) is 0 Å². The third-order valence-corrected chi connectivity index (χ3v) is 2.48. The maximum Gasteiger partial charge on any atom is 2.00 e. The number of halogens is 1. The third-order valence-electron chi connectivity index (χ3n) is 2.48. The molecule has 0 heterocycles. The van der Waals surface area contributed by atoms with Gasteiger partial charge in [-0.1, -0.05) is 58.3 Å². The number of aliphatic carboxylic acids is 1. The van der Waals surface area contributed by atoms with Crippen molar-refractivity contribution in [2.24, 2.45) is 0 Å². The van der Waals surface area contributed by atoms with Crippen molar-refractivity contribution in [2.75, 3.05) is 0 Å².